The Hall–Kier alpha value is -3.05. The second-order valence-corrected chi connectivity index (χ2v) is 8.87. The monoisotopic (exact) mass is 415 g/mol. The molecule has 2 unspecified atom stereocenters. The quantitative estimate of drug-likeness (QED) is 0.642. The molecule has 160 valence electrons. The molecule has 1 amide bonds. The lowest BCUT2D eigenvalue weighted by Gasteiger charge is -2.39. The Kier molecular flexibility index (Phi) is 5.28. The van der Waals surface area contributed by atoms with Crippen LogP contribution in [0.4, 0.5) is 4.79 Å². The molecule has 2 N–H and O–H groups in total. The number of nitrogens with one attached hydrogen (secondary N) is 2. The number of rotatable bonds is 5. The highest BCUT2D eigenvalue weighted by Crippen LogP contribution is 2.40. The number of hydrogen-bond donors (Lipinski definition) is 2. The fraction of sp³-hybridized carbons (Fsp3) is 0.346. The molecule has 2 aromatic carbocycles. The van der Waals surface area contributed by atoms with E-state index >= 15 is 0 Å². The van der Waals surface area contributed by atoms with Gasteiger partial charge in [0.25, 0.3) is 0 Å². The van der Waals surface area contributed by atoms with Crippen LogP contribution >= 0.6 is 0 Å². The van der Waals surface area contributed by atoms with Crippen LogP contribution in [-0.2, 0) is 11.2 Å². The number of aromatic amines is 1. The first kappa shape index (κ1) is 19.9. The maximum absolute atomic E-state index is 12.3. The Balaban J connectivity index is 1.24. The number of benzene rings is 2. The van der Waals surface area contributed by atoms with E-state index in [1.807, 2.05) is 18.2 Å². The van der Waals surface area contributed by atoms with Crippen molar-refractivity contribution in [3.05, 3.63) is 77.5 Å². The Labute approximate surface area is 183 Å². The lowest BCUT2D eigenvalue weighted by molar-refractivity contribution is 0.120. The molecule has 31 heavy (non-hydrogen) atoms. The Morgan fingerprint density at radius 3 is 2.90 bits per heavy atom. The highest BCUT2D eigenvalue weighted by Gasteiger charge is 2.33. The van der Waals surface area contributed by atoms with E-state index in [1.54, 1.807) is 0 Å². The van der Waals surface area contributed by atoms with Crippen molar-refractivity contribution in [3.63, 3.8) is 0 Å². The molecule has 5 heteroatoms. The molecule has 5 nitrogen and oxygen atoms in total. The summed E-state index contributed by atoms with van der Waals surface area (Å²) >= 11 is 0. The number of aromatic nitrogens is 1. The highest BCUT2D eigenvalue weighted by atomic mass is 16.5. The Morgan fingerprint density at radius 1 is 1.23 bits per heavy atom. The highest BCUT2D eigenvalue weighted by molar-refractivity contribution is 5.98. The molecule has 0 radical (unpaired) electrons. The second kappa shape index (κ2) is 8.23. The zero-order valence-electron chi connectivity index (χ0n) is 18.1. The van der Waals surface area contributed by atoms with Crippen LogP contribution in [0.3, 0.4) is 0 Å². The summed E-state index contributed by atoms with van der Waals surface area (Å²) in [7, 11) is 2.17. The number of hydrogen-bond acceptors (Lipinski definition) is 3. The van der Waals surface area contributed by atoms with Gasteiger partial charge in [0.15, 0.2) is 0 Å². The maximum atomic E-state index is 12.3. The number of fused-ring (bicyclic) bond motifs is 2. The standard InChI is InChI=1S/C26H29N3O2/c1-17(19-7-4-3-5-8-19)13-28-26(30)31-16-18-11-22-21-9-6-10-23-25(21)20(14-27-23)12-24(22)29(2)15-18/h3-11,14,17-18,24,27H,12-13,15-16H2,1-2H3,(H,28,30)/t17?,18?,24-/m0/s1. The molecule has 5 rings (SSSR count). The van der Waals surface area contributed by atoms with Gasteiger partial charge in [-0.3, -0.25) is 4.90 Å². The molecule has 3 atom stereocenters. The minimum absolute atomic E-state index is 0.185. The van der Waals surface area contributed by atoms with Gasteiger partial charge in [-0.2, -0.15) is 0 Å². The van der Waals surface area contributed by atoms with Crippen LogP contribution < -0.4 is 5.32 Å². The van der Waals surface area contributed by atoms with Crippen LogP contribution in [0.5, 0.6) is 0 Å². The van der Waals surface area contributed by atoms with E-state index in [9.17, 15) is 4.79 Å². The largest absolute Gasteiger partial charge is 0.449 e. The predicted molar refractivity (Wildman–Crippen MR) is 124 cm³/mol. The van der Waals surface area contributed by atoms with Crippen molar-refractivity contribution >= 4 is 22.6 Å². The zero-order valence-corrected chi connectivity index (χ0v) is 18.1. The fourth-order valence-corrected chi connectivity index (χ4v) is 5.02. The van der Waals surface area contributed by atoms with Crippen molar-refractivity contribution in [1.82, 2.24) is 15.2 Å². The summed E-state index contributed by atoms with van der Waals surface area (Å²) in [4.78, 5) is 18.1. The van der Waals surface area contributed by atoms with Gasteiger partial charge in [0.05, 0.1) is 0 Å². The van der Waals surface area contributed by atoms with E-state index in [4.69, 9.17) is 4.74 Å². The number of ether oxygens (including phenoxy) is 1. The van der Waals surface area contributed by atoms with Crippen molar-refractivity contribution in [3.8, 4) is 0 Å². The van der Waals surface area contributed by atoms with E-state index in [2.05, 4.69) is 71.8 Å². The number of amides is 1. The summed E-state index contributed by atoms with van der Waals surface area (Å²) < 4.78 is 5.60. The minimum Gasteiger partial charge on any atom is -0.449 e. The number of carbonyl (C=O) groups excluding carboxylic acids is 1. The SMILES string of the molecule is CC(CNC(=O)OCC1C=C2c3cccc4[nH]cc(c34)C[C@@H]2N(C)C1)c1ccccc1. The van der Waals surface area contributed by atoms with Gasteiger partial charge in [0.2, 0.25) is 0 Å². The van der Waals surface area contributed by atoms with Crippen LogP contribution in [0, 0.1) is 5.92 Å². The lowest BCUT2D eigenvalue weighted by Crippen LogP contribution is -2.43. The molecule has 2 aliphatic rings. The van der Waals surface area contributed by atoms with Crippen LogP contribution in [-0.4, -0.2) is 48.8 Å². The van der Waals surface area contributed by atoms with E-state index in [0.29, 0.717) is 19.2 Å². The summed E-state index contributed by atoms with van der Waals surface area (Å²) in [5, 5.41) is 4.25. The topological polar surface area (TPSA) is 57.4 Å². The third-order valence-corrected chi connectivity index (χ3v) is 6.69. The van der Waals surface area contributed by atoms with Crippen molar-refractivity contribution in [2.45, 2.75) is 25.3 Å². The van der Waals surface area contributed by atoms with Gasteiger partial charge in [0, 0.05) is 42.1 Å². The summed E-state index contributed by atoms with van der Waals surface area (Å²) in [6.45, 7) is 3.95. The summed E-state index contributed by atoms with van der Waals surface area (Å²) in [6.07, 6.45) is 5.15. The van der Waals surface area contributed by atoms with Crippen molar-refractivity contribution in [2.24, 2.45) is 5.92 Å². The number of alkyl carbamates (subject to hydrolysis) is 1. The number of carbonyl (C=O) groups is 1. The third-order valence-electron chi connectivity index (χ3n) is 6.69. The lowest BCUT2D eigenvalue weighted by atomic mass is 9.80. The Bertz CT molecular complexity index is 1120. The fourth-order valence-electron chi connectivity index (χ4n) is 5.02. The molecule has 0 spiro atoms. The number of nitrogens with zero attached hydrogens (tertiary/aromatic N) is 1. The second-order valence-electron chi connectivity index (χ2n) is 8.87. The van der Waals surface area contributed by atoms with Gasteiger partial charge in [-0.05, 0) is 47.7 Å². The maximum Gasteiger partial charge on any atom is 0.407 e. The molecule has 1 aromatic heterocycles. The Morgan fingerprint density at radius 2 is 2.06 bits per heavy atom. The zero-order chi connectivity index (χ0) is 21.4. The van der Waals surface area contributed by atoms with Gasteiger partial charge in [-0.25, -0.2) is 4.79 Å². The molecule has 1 aliphatic heterocycles. The molecule has 0 saturated carbocycles. The molecule has 0 fully saturated rings. The van der Waals surface area contributed by atoms with Crippen molar-refractivity contribution in [1.29, 1.82) is 0 Å². The van der Waals surface area contributed by atoms with Crippen LogP contribution in [0.15, 0.2) is 60.8 Å². The van der Waals surface area contributed by atoms with Gasteiger partial charge < -0.3 is 15.0 Å². The van der Waals surface area contributed by atoms with Crippen LogP contribution in [0.2, 0.25) is 0 Å². The van der Waals surface area contributed by atoms with E-state index < -0.39 is 0 Å². The average molecular weight is 416 g/mol. The van der Waals surface area contributed by atoms with Crippen molar-refractivity contribution in [2.75, 3.05) is 26.7 Å². The molecule has 2 heterocycles. The molecule has 0 saturated heterocycles. The van der Waals surface area contributed by atoms with Crippen LogP contribution in [0.25, 0.3) is 16.5 Å². The first-order valence-electron chi connectivity index (χ1n) is 11.1. The first-order chi connectivity index (χ1) is 15.1. The number of H-pyrrole nitrogens is 1. The molecule has 0 bridgehead atoms. The summed E-state index contributed by atoms with van der Waals surface area (Å²) in [6, 6.07) is 17.1. The normalized spacial score (nSPS) is 21.3. The minimum atomic E-state index is -0.343. The average Bonchev–Trinajstić information content (AvgIpc) is 3.21. The van der Waals surface area contributed by atoms with Gasteiger partial charge >= 0.3 is 6.09 Å². The molecular weight excluding hydrogens is 386 g/mol. The van der Waals surface area contributed by atoms with E-state index in [-0.39, 0.29) is 17.9 Å². The van der Waals surface area contributed by atoms with Gasteiger partial charge in [-0.15, -0.1) is 0 Å². The van der Waals surface area contributed by atoms with Crippen LogP contribution in [0.1, 0.15) is 29.5 Å². The van der Waals surface area contributed by atoms with Crippen molar-refractivity contribution < 1.29 is 9.53 Å². The van der Waals surface area contributed by atoms with Gasteiger partial charge in [-0.1, -0.05) is 55.5 Å². The summed E-state index contributed by atoms with van der Waals surface area (Å²) in [5.74, 6) is 0.431. The number of likely N-dealkylation sites (N-methyl/N-ethyl adjacent to an activating group) is 1. The van der Waals surface area contributed by atoms with Gasteiger partial charge in [0.1, 0.15) is 6.61 Å². The van der Waals surface area contributed by atoms with E-state index in [1.165, 1.54) is 33.2 Å². The molecule has 1 aliphatic carbocycles. The first-order valence-corrected chi connectivity index (χ1v) is 11.1. The molecular formula is C26H29N3O2. The van der Waals surface area contributed by atoms with E-state index in [0.717, 1.165) is 13.0 Å². The predicted octanol–water partition coefficient (Wildman–Crippen LogP) is 4.57. The third kappa shape index (κ3) is 3.86. The summed E-state index contributed by atoms with van der Waals surface area (Å²) in [5.41, 5.74) is 6.46. The molecule has 3 aromatic rings. The smallest absolute Gasteiger partial charge is 0.407 e.